The zero-order valence-electron chi connectivity index (χ0n) is 22.0. The number of benzene rings is 2. The second kappa shape index (κ2) is 11.6. The Labute approximate surface area is 235 Å². The molecule has 2 amide bonds. The Balaban J connectivity index is 1.26. The molecule has 6 rings (SSSR count). The number of urea groups is 1. The molecule has 0 spiro atoms. The van der Waals surface area contributed by atoms with Crippen LogP contribution in [-0.4, -0.2) is 57.0 Å². The Morgan fingerprint density at radius 3 is 2.51 bits per heavy atom. The molecule has 2 aliphatic rings. The van der Waals surface area contributed by atoms with Crippen LogP contribution in [0.3, 0.4) is 0 Å². The van der Waals surface area contributed by atoms with Crippen molar-refractivity contribution in [2.45, 2.75) is 43.9 Å². The van der Waals surface area contributed by atoms with Gasteiger partial charge in [-0.3, -0.25) is 9.88 Å². The molecule has 6 atom stereocenters. The maximum Gasteiger partial charge on any atom is 0.320 e. The Kier molecular flexibility index (Phi) is 7.80. The number of aromatic nitrogens is 4. The number of ether oxygens (including phenoxy) is 3. The van der Waals surface area contributed by atoms with Crippen LogP contribution in [0.5, 0.6) is 0 Å². The molecule has 0 saturated carbocycles. The molecule has 41 heavy (non-hydrogen) atoms. The Hall–Kier alpha value is -3.71. The third-order valence-electron chi connectivity index (χ3n) is 6.78. The number of anilines is 1. The first kappa shape index (κ1) is 27.5. The standard InChI is InChI=1S/C27H29N6O7P/c1-2-28-27(34)32-23-20-24(30-15-29-23)33(16-31-20)25-22-21(39-26(40-22)18-11-7-4-8-12-18)19(38-25)13-37-41(35,36)14-17-9-5-3-6-10-17/h3-12,15-16,19,21-22,25-26H,2,13-14H2,1H3,(H,35,36)(H2,28,29,30,32,34)/p-1/t19-,21?,22?,25-,26-/m1/s1. The van der Waals surface area contributed by atoms with Crippen molar-refractivity contribution in [2.75, 3.05) is 18.5 Å². The van der Waals surface area contributed by atoms with Gasteiger partial charge in [0.25, 0.3) is 0 Å². The van der Waals surface area contributed by atoms with Gasteiger partial charge >= 0.3 is 6.03 Å². The van der Waals surface area contributed by atoms with E-state index in [0.29, 0.717) is 23.3 Å². The van der Waals surface area contributed by atoms with Crippen LogP contribution in [0, 0.1) is 0 Å². The number of nitrogens with zero attached hydrogens (tertiary/aromatic N) is 4. The van der Waals surface area contributed by atoms with E-state index in [4.69, 9.17) is 18.7 Å². The quantitative estimate of drug-likeness (QED) is 0.282. The average Bonchev–Trinajstić information content (AvgIpc) is 3.67. The van der Waals surface area contributed by atoms with Gasteiger partial charge in [0.2, 0.25) is 0 Å². The van der Waals surface area contributed by atoms with Gasteiger partial charge in [-0.25, -0.2) is 19.7 Å². The summed E-state index contributed by atoms with van der Waals surface area (Å²) in [6.07, 6.45) is -0.945. The highest BCUT2D eigenvalue weighted by Crippen LogP contribution is 2.47. The highest BCUT2D eigenvalue weighted by molar-refractivity contribution is 7.50. The SMILES string of the molecule is CCNC(=O)Nc1ncnc2c1ncn2[C@@H]1O[C@H](COP(=O)([O-])Cc2ccccc2)C2O[C@@H](c3ccccc3)OC21. The molecule has 0 bridgehead atoms. The van der Waals surface area contributed by atoms with Gasteiger partial charge in [-0.15, -0.1) is 0 Å². The van der Waals surface area contributed by atoms with Gasteiger partial charge in [0.1, 0.15) is 32.2 Å². The van der Waals surface area contributed by atoms with Crippen molar-refractivity contribution >= 4 is 30.6 Å². The second-order valence-electron chi connectivity index (χ2n) is 9.59. The summed E-state index contributed by atoms with van der Waals surface area (Å²) in [6, 6.07) is 17.8. The smallest absolute Gasteiger partial charge is 0.320 e. The summed E-state index contributed by atoms with van der Waals surface area (Å²) in [7, 11) is -4.23. The molecule has 14 heteroatoms. The maximum atomic E-state index is 12.8. The van der Waals surface area contributed by atoms with E-state index >= 15 is 0 Å². The van der Waals surface area contributed by atoms with E-state index in [1.165, 1.54) is 12.7 Å². The number of imidazole rings is 1. The molecule has 3 unspecified atom stereocenters. The minimum absolute atomic E-state index is 0.230. The van der Waals surface area contributed by atoms with Crippen molar-refractivity contribution in [1.29, 1.82) is 0 Å². The van der Waals surface area contributed by atoms with Crippen LogP contribution in [-0.2, 0) is 29.5 Å². The first-order valence-corrected chi connectivity index (χ1v) is 14.9. The third kappa shape index (κ3) is 5.87. The van der Waals surface area contributed by atoms with Crippen LogP contribution < -0.4 is 15.5 Å². The largest absolute Gasteiger partial charge is 0.778 e. The van der Waals surface area contributed by atoms with Crippen molar-refractivity contribution in [3.63, 3.8) is 0 Å². The number of rotatable bonds is 9. The Bertz CT molecular complexity index is 1560. The highest BCUT2D eigenvalue weighted by atomic mass is 31.2. The molecule has 4 heterocycles. The maximum absolute atomic E-state index is 12.8. The van der Waals surface area contributed by atoms with Gasteiger partial charge in [0.15, 0.2) is 29.5 Å². The molecular formula is C27H28N6O7P-. The van der Waals surface area contributed by atoms with Gasteiger partial charge in [-0.05, 0) is 12.5 Å². The molecule has 0 radical (unpaired) electrons. The summed E-state index contributed by atoms with van der Waals surface area (Å²) in [4.78, 5) is 37.8. The predicted octanol–water partition coefficient (Wildman–Crippen LogP) is 3.12. The molecule has 2 fully saturated rings. The summed E-state index contributed by atoms with van der Waals surface area (Å²) in [5.41, 5.74) is 2.18. The monoisotopic (exact) mass is 579 g/mol. The molecule has 2 aromatic heterocycles. The fourth-order valence-electron chi connectivity index (χ4n) is 4.94. The first-order valence-electron chi connectivity index (χ1n) is 13.1. The molecule has 0 aliphatic carbocycles. The number of amides is 2. The van der Waals surface area contributed by atoms with E-state index in [-0.39, 0.29) is 18.6 Å². The van der Waals surface area contributed by atoms with Gasteiger partial charge < -0.3 is 33.5 Å². The van der Waals surface area contributed by atoms with Crippen LogP contribution in [0.2, 0.25) is 0 Å². The zero-order chi connectivity index (χ0) is 28.4. The number of carbonyl (C=O) groups excluding carboxylic acids is 1. The van der Waals surface area contributed by atoms with E-state index in [0.717, 1.165) is 5.56 Å². The Morgan fingerprint density at radius 2 is 1.76 bits per heavy atom. The molecule has 214 valence electrons. The normalized spacial score (nSPS) is 25.1. The number of hydrogen-bond donors (Lipinski definition) is 2. The summed E-state index contributed by atoms with van der Waals surface area (Å²) < 4.78 is 38.8. The van der Waals surface area contributed by atoms with Crippen LogP contribution >= 0.6 is 7.60 Å². The van der Waals surface area contributed by atoms with Gasteiger partial charge in [-0.1, -0.05) is 60.7 Å². The lowest BCUT2D eigenvalue weighted by atomic mass is 10.1. The summed E-state index contributed by atoms with van der Waals surface area (Å²) in [5.74, 6) is 0.230. The van der Waals surface area contributed by atoms with E-state index < -0.39 is 44.5 Å². The van der Waals surface area contributed by atoms with Gasteiger partial charge in [-0.2, -0.15) is 0 Å². The second-order valence-corrected chi connectivity index (χ2v) is 11.4. The van der Waals surface area contributed by atoms with Crippen LogP contribution in [0.25, 0.3) is 11.2 Å². The zero-order valence-corrected chi connectivity index (χ0v) is 22.9. The molecule has 13 nitrogen and oxygen atoms in total. The summed E-state index contributed by atoms with van der Waals surface area (Å²) >= 11 is 0. The third-order valence-corrected chi connectivity index (χ3v) is 8.07. The fraction of sp³-hybridized carbons (Fsp3) is 0.333. The fourth-order valence-corrected chi connectivity index (χ4v) is 6.07. The number of carbonyl (C=O) groups is 1. The lowest BCUT2D eigenvalue weighted by Gasteiger charge is -2.26. The minimum Gasteiger partial charge on any atom is -0.778 e. The average molecular weight is 580 g/mol. The molecule has 2 aliphatic heterocycles. The van der Waals surface area contributed by atoms with E-state index in [9.17, 15) is 14.3 Å². The van der Waals surface area contributed by atoms with Crippen molar-refractivity contribution in [2.24, 2.45) is 0 Å². The molecular weight excluding hydrogens is 551 g/mol. The van der Waals surface area contributed by atoms with Crippen LogP contribution in [0.1, 0.15) is 30.6 Å². The predicted molar refractivity (Wildman–Crippen MR) is 145 cm³/mol. The van der Waals surface area contributed by atoms with Crippen LogP contribution in [0.4, 0.5) is 10.6 Å². The van der Waals surface area contributed by atoms with E-state index in [2.05, 4.69) is 25.6 Å². The lowest BCUT2D eigenvalue weighted by Crippen LogP contribution is -2.32. The number of fused-ring (bicyclic) bond motifs is 2. The molecule has 2 N–H and O–H groups in total. The summed E-state index contributed by atoms with van der Waals surface area (Å²) in [5, 5.41) is 5.32. The van der Waals surface area contributed by atoms with Crippen molar-refractivity contribution in [1.82, 2.24) is 24.8 Å². The summed E-state index contributed by atoms with van der Waals surface area (Å²) in [6.45, 7) is 1.98. The number of nitrogens with one attached hydrogen (secondary N) is 2. The van der Waals surface area contributed by atoms with Gasteiger partial charge in [0, 0.05) is 18.3 Å². The topological polar surface area (TPSA) is 162 Å². The highest BCUT2D eigenvalue weighted by Gasteiger charge is 2.54. The van der Waals surface area contributed by atoms with E-state index in [1.807, 2.05) is 36.4 Å². The lowest BCUT2D eigenvalue weighted by molar-refractivity contribution is -0.204. The van der Waals surface area contributed by atoms with Crippen molar-refractivity contribution < 1.29 is 33.0 Å². The van der Waals surface area contributed by atoms with E-state index in [1.54, 1.807) is 35.8 Å². The molecule has 2 aromatic carbocycles. The van der Waals surface area contributed by atoms with Gasteiger partial charge in [0.05, 0.1) is 12.9 Å². The minimum atomic E-state index is -4.23. The van der Waals surface area contributed by atoms with Crippen molar-refractivity contribution in [3.05, 3.63) is 84.4 Å². The molecule has 2 saturated heterocycles. The number of hydrogen-bond acceptors (Lipinski definition) is 10. The van der Waals surface area contributed by atoms with Crippen LogP contribution in [0.15, 0.2) is 73.3 Å². The first-order chi connectivity index (χ1) is 19.9. The molecule has 4 aromatic rings. The van der Waals surface area contributed by atoms with Crippen molar-refractivity contribution in [3.8, 4) is 0 Å². The Morgan fingerprint density at radius 1 is 1.02 bits per heavy atom.